The van der Waals surface area contributed by atoms with Crippen LogP contribution in [0.5, 0.6) is 11.5 Å². The van der Waals surface area contributed by atoms with Crippen LogP contribution in [-0.2, 0) is 0 Å². The second kappa shape index (κ2) is 9.20. The van der Waals surface area contributed by atoms with Crippen LogP contribution in [0.15, 0.2) is 42.5 Å². The predicted molar refractivity (Wildman–Crippen MR) is 111 cm³/mol. The molecule has 3 aromatic rings. The molecule has 138 valence electrons. The maximum Gasteiger partial charge on any atom is 0.161 e. The van der Waals surface area contributed by atoms with Crippen LogP contribution < -0.4 is 9.47 Å². The Morgan fingerprint density at radius 1 is 1.15 bits per heavy atom. The predicted octanol–water partition coefficient (Wildman–Crippen LogP) is 5.94. The molecule has 27 heavy (non-hydrogen) atoms. The van der Waals surface area contributed by atoms with Crippen molar-refractivity contribution in [2.45, 2.75) is 26.7 Å². The molecule has 0 atom stereocenters. The Hall–Kier alpha value is -2.84. The number of para-hydroxylation sites is 1. The van der Waals surface area contributed by atoms with Gasteiger partial charge in [-0.05, 0) is 49.2 Å². The summed E-state index contributed by atoms with van der Waals surface area (Å²) in [6, 6.07) is 15.9. The van der Waals surface area contributed by atoms with Crippen LogP contribution in [-0.4, -0.2) is 18.2 Å². The lowest BCUT2D eigenvalue weighted by molar-refractivity contribution is 0.272. The highest BCUT2D eigenvalue weighted by atomic mass is 32.1. The maximum atomic E-state index is 9.63. The standard InChI is InChI=1S/C22H22N2O2S/c1-3-5-12-26-19-11-10-16(14-20(19)25-4-2)13-17(15-23)22-24-18-8-6-7-9-21(18)27-22/h6-11,13-14H,3-5,12H2,1-2H3/b17-13+. The Morgan fingerprint density at radius 3 is 2.74 bits per heavy atom. The third kappa shape index (κ3) is 4.66. The average molecular weight is 378 g/mol. The molecule has 4 nitrogen and oxygen atoms in total. The number of allylic oxidation sites excluding steroid dienone is 1. The molecule has 1 heterocycles. The van der Waals surface area contributed by atoms with Crippen LogP contribution in [0.3, 0.4) is 0 Å². The monoisotopic (exact) mass is 378 g/mol. The van der Waals surface area contributed by atoms with Crippen molar-refractivity contribution in [2.75, 3.05) is 13.2 Å². The zero-order valence-corrected chi connectivity index (χ0v) is 16.4. The van der Waals surface area contributed by atoms with Gasteiger partial charge in [-0.15, -0.1) is 11.3 Å². The highest BCUT2D eigenvalue weighted by Crippen LogP contribution is 2.32. The first-order valence-corrected chi connectivity index (χ1v) is 9.94. The van der Waals surface area contributed by atoms with E-state index in [1.165, 1.54) is 11.3 Å². The van der Waals surface area contributed by atoms with Crippen LogP contribution in [0.1, 0.15) is 37.3 Å². The molecule has 5 heteroatoms. The Bertz CT molecular complexity index is 952. The van der Waals surface area contributed by atoms with Crippen molar-refractivity contribution in [2.24, 2.45) is 0 Å². The number of nitriles is 1. The van der Waals surface area contributed by atoms with Gasteiger partial charge >= 0.3 is 0 Å². The van der Waals surface area contributed by atoms with E-state index >= 15 is 0 Å². The van der Waals surface area contributed by atoms with E-state index in [4.69, 9.17) is 9.47 Å². The van der Waals surface area contributed by atoms with Crippen molar-refractivity contribution in [1.82, 2.24) is 4.98 Å². The Morgan fingerprint density at radius 2 is 2.00 bits per heavy atom. The summed E-state index contributed by atoms with van der Waals surface area (Å²) in [5.74, 6) is 1.44. The zero-order chi connectivity index (χ0) is 19.1. The van der Waals surface area contributed by atoms with E-state index in [-0.39, 0.29) is 0 Å². The fraction of sp³-hybridized carbons (Fsp3) is 0.273. The third-order valence-electron chi connectivity index (χ3n) is 3.98. The molecule has 0 aliphatic rings. The SMILES string of the molecule is CCCCOc1ccc(/C=C(\C#N)c2nc3ccccc3s2)cc1OCC. The van der Waals surface area contributed by atoms with E-state index in [9.17, 15) is 5.26 Å². The summed E-state index contributed by atoms with van der Waals surface area (Å²) >= 11 is 1.52. The van der Waals surface area contributed by atoms with Crippen molar-refractivity contribution in [3.63, 3.8) is 0 Å². The first-order chi connectivity index (χ1) is 13.2. The van der Waals surface area contributed by atoms with Crippen molar-refractivity contribution >= 4 is 33.2 Å². The minimum atomic E-state index is 0.540. The lowest BCUT2D eigenvalue weighted by Crippen LogP contribution is -2.00. The van der Waals surface area contributed by atoms with E-state index in [1.54, 1.807) is 0 Å². The van der Waals surface area contributed by atoms with Gasteiger partial charge in [-0.1, -0.05) is 31.5 Å². The van der Waals surface area contributed by atoms with Crippen LogP contribution >= 0.6 is 11.3 Å². The van der Waals surface area contributed by atoms with Gasteiger partial charge in [-0.3, -0.25) is 0 Å². The molecule has 3 rings (SSSR count). The fourth-order valence-corrected chi connectivity index (χ4v) is 3.56. The number of ether oxygens (including phenoxy) is 2. The second-order valence-corrected chi connectivity index (χ2v) is 7.03. The van der Waals surface area contributed by atoms with Crippen LogP contribution in [0.2, 0.25) is 0 Å². The number of unbranched alkanes of at least 4 members (excludes halogenated alkanes) is 1. The topological polar surface area (TPSA) is 55.1 Å². The summed E-state index contributed by atoms with van der Waals surface area (Å²) in [6.07, 6.45) is 3.93. The summed E-state index contributed by atoms with van der Waals surface area (Å²) in [7, 11) is 0. The summed E-state index contributed by atoms with van der Waals surface area (Å²) in [5.41, 5.74) is 2.34. The number of hydrogen-bond acceptors (Lipinski definition) is 5. The van der Waals surface area contributed by atoms with Gasteiger partial charge < -0.3 is 9.47 Å². The molecule has 0 unspecified atom stereocenters. The number of thiazole rings is 1. The van der Waals surface area contributed by atoms with E-state index in [2.05, 4.69) is 18.0 Å². The van der Waals surface area contributed by atoms with Crippen LogP contribution in [0.25, 0.3) is 21.9 Å². The second-order valence-electron chi connectivity index (χ2n) is 6.00. The minimum Gasteiger partial charge on any atom is -0.490 e. The molecule has 0 radical (unpaired) electrons. The summed E-state index contributed by atoms with van der Waals surface area (Å²) in [5, 5.41) is 10.4. The number of benzene rings is 2. The quantitative estimate of drug-likeness (QED) is 0.360. The van der Waals surface area contributed by atoms with Crippen molar-refractivity contribution < 1.29 is 9.47 Å². The highest BCUT2D eigenvalue weighted by molar-refractivity contribution is 7.19. The molecule has 0 aliphatic heterocycles. The van der Waals surface area contributed by atoms with E-state index in [0.29, 0.717) is 24.5 Å². The van der Waals surface area contributed by atoms with Gasteiger partial charge in [0.25, 0.3) is 0 Å². The molecule has 0 bridgehead atoms. The number of fused-ring (bicyclic) bond motifs is 1. The molecule has 2 aromatic carbocycles. The third-order valence-corrected chi connectivity index (χ3v) is 5.05. The molecular weight excluding hydrogens is 356 g/mol. The molecule has 0 N–H and O–H groups in total. The van der Waals surface area contributed by atoms with Crippen molar-refractivity contribution in [3.8, 4) is 17.6 Å². The molecular formula is C22H22N2O2S. The van der Waals surface area contributed by atoms with Gasteiger partial charge in [0.1, 0.15) is 11.1 Å². The van der Waals surface area contributed by atoms with E-state index in [0.717, 1.165) is 39.4 Å². The molecule has 0 amide bonds. The summed E-state index contributed by atoms with van der Waals surface area (Å²) in [4.78, 5) is 4.58. The Labute approximate surface area is 163 Å². The number of rotatable bonds is 8. The van der Waals surface area contributed by atoms with Crippen molar-refractivity contribution in [3.05, 3.63) is 53.0 Å². The molecule has 0 saturated carbocycles. The molecule has 1 aromatic heterocycles. The normalized spacial score (nSPS) is 11.4. The highest BCUT2D eigenvalue weighted by Gasteiger charge is 2.10. The number of hydrogen-bond donors (Lipinski definition) is 0. The molecule has 0 spiro atoms. The minimum absolute atomic E-state index is 0.540. The molecule has 0 saturated heterocycles. The first kappa shape index (κ1) is 18.9. The van der Waals surface area contributed by atoms with Gasteiger partial charge in [0.15, 0.2) is 11.5 Å². The van der Waals surface area contributed by atoms with Crippen LogP contribution in [0.4, 0.5) is 0 Å². The molecule has 0 aliphatic carbocycles. The van der Waals surface area contributed by atoms with Gasteiger partial charge in [-0.2, -0.15) is 5.26 Å². The number of aromatic nitrogens is 1. The zero-order valence-electron chi connectivity index (χ0n) is 15.6. The smallest absolute Gasteiger partial charge is 0.161 e. The van der Waals surface area contributed by atoms with Crippen LogP contribution in [0, 0.1) is 11.3 Å². The number of nitrogens with zero attached hydrogens (tertiary/aromatic N) is 2. The average Bonchev–Trinajstić information content (AvgIpc) is 3.12. The van der Waals surface area contributed by atoms with Crippen molar-refractivity contribution in [1.29, 1.82) is 5.26 Å². The summed E-state index contributed by atoms with van der Waals surface area (Å²) in [6.45, 7) is 5.30. The largest absolute Gasteiger partial charge is 0.490 e. The van der Waals surface area contributed by atoms with E-state index in [1.807, 2.05) is 55.5 Å². The van der Waals surface area contributed by atoms with Gasteiger partial charge in [-0.25, -0.2) is 4.98 Å². The van der Waals surface area contributed by atoms with Gasteiger partial charge in [0, 0.05) is 0 Å². The molecule has 0 fully saturated rings. The first-order valence-electron chi connectivity index (χ1n) is 9.12. The lowest BCUT2D eigenvalue weighted by Gasteiger charge is -2.12. The lowest BCUT2D eigenvalue weighted by atomic mass is 10.1. The van der Waals surface area contributed by atoms with E-state index < -0.39 is 0 Å². The fourth-order valence-electron chi connectivity index (χ4n) is 2.62. The maximum absolute atomic E-state index is 9.63. The van der Waals surface area contributed by atoms with Gasteiger partial charge in [0.05, 0.1) is 29.0 Å². The summed E-state index contributed by atoms with van der Waals surface area (Å²) < 4.78 is 12.6. The Balaban J connectivity index is 1.91. The van der Waals surface area contributed by atoms with Gasteiger partial charge in [0.2, 0.25) is 0 Å². The Kier molecular flexibility index (Phi) is 6.45.